The fraction of sp³-hybridized carbons (Fsp3) is 0.417. The smallest absolute Gasteiger partial charge is 0.210 e. The van der Waals surface area contributed by atoms with E-state index in [2.05, 4.69) is 15.7 Å². The summed E-state index contributed by atoms with van der Waals surface area (Å²) in [5.74, 6) is 5.71. The first kappa shape index (κ1) is 15.2. The molecule has 0 fully saturated rings. The van der Waals surface area contributed by atoms with Crippen molar-refractivity contribution in [1.82, 2.24) is 5.43 Å². The van der Waals surface area contributed by atoms with Gasteiger partial charge in [0, 0.05) is 13.2 Å². The average Bonchev–Trinajstić information content (AvgIpc) is 2.40. The average molecular weight is 270 g/mol. The van der Waals surface area contributed by atoms with Gasteiger partial charge in [-0.3, -0.25) is 5.43 Å². The minimum absolute atomic E-state index is 0.0741. The Bertz CT molecular complexity index is 440. The highest BCUT2D eigenvalue weighted by Crippen LogP contribution is 2.24. The number of ether oxygens (including phenoxy) is 2. The maximum Gasteiger partial charge on any atom is 0.210 e. The predicted octanol–water partition coefficient (Wildman–Crippen LogP) is 1.10. The highest BCUT2D eigenvalue weighted by Gasteiger charge is 2.08. The molecule has 0 radical (unpaired) electrons. The number of rotatable bonds is 5. The third kappa shape index (κ3) is 4.72. The molecule has 106 valence electrons. The zero-order valence-electron chi connectivity index (χ0n) is 11.2. The molecule has 19 heavy (non-hydrogen) atoms. The SMILES string of the molecule is COCC(C)N=C(NN)Nc1ccc(F)cc1OC. The number of benzene rings is 1. The van der Waals surface area contributed by atoms with Crippen LogP contribution >= 0.6 is 0 Å². The number of aliphatic imine (C=N–C) groups is 1. The van der Waals surface area contributed by atoms with Crippen molar-refractivity contribution in [2.45, 2.75) is 13.0 Å². The largest absolute Gasteiger partial charge is 0.494 e. The molecule has 0 aliphatic rings. The summed E-state index contributed by atoms with van der Waals surface area (Å²) in [4.78, 5) is 4.27. The number of anilines is 1. The van der Waals surface area contributed by atoms with Gasteiger partial charge in [-0.05, 0) is 19.1 Å². The maximum absolute atomic E-state index is 13.1. The molecule has 0 amide bonds. The molecular formula is C12H19FN4O2. The lowest BCUT2D eigenvalue weighted by molar-refractivity contribution is 0.185. The Morgan fingerprint density at radius 2 is 2.21 bits per heavy atom. The van der Waals surface area contributed by atoms with Gasteiger partial charge in [0.1, 0.15) is 11.6 Å². The Morgan fingerprint density at radius 3 is 2.79 bits per heavy atom. The number of halogens is 1. The molecule has 1 atom stereocenters. The Kier molecular flexibility index (Phi) is 6.04. The molecule has 4 N–H and O–H groups in total. The highest BCUT2D eigenvalue weighted by molar-refractivity contribution is 5.94. The van der Waals surface area contributed by atoms with E-state index in [0.717, 1.165) is 0 Å². The van der Waals surface area contributed by atoms with Crippen LogP contribution in [0.5, 0.6) is 5.75 Å². The molecule has 0 heterocycles. The predicted molar refractivity (Wildman–Crippen MR) is 72.7 cm³/mol. The molecule has 1 aromatic rings. The standard InChI is InChI=1S/C12H19FN4O2/c1-8(7-18-2)15-12(17-14)16-10-5-4-9(13)6-11(10)19-3/h4-6,8H,7,14H2,1-3H3,(H2,15,16,17). The molecule has 6 nitrogen and oxygen atoms in total. The summed E-state index contributed by atoms with van der Waals surface area (Å²) in [6, 6.07) is 4.06. The molecular weight excluding hydrogens is 251 g/mol. The number of hydrogen-bond donors (Lipinski definition) is 3. The van der Waals surface area contributed by atoms with Gasteiger partial charge < -0.3 is 14.8 Å². The first-order valence-electron chi connectivity index (χ1n) is 5.74. The number of guanidine groups is 1. The van der Waals surface area contributed by atoms with Crippen molar-refractivity contribution in [2.75, 3.05) is 26.1 Å². The van der Waals surface area contributed by atoms with Gasteiger partial charge in [0.15, 0.2) is 0 Å². The second-order valence-electron chi connectivity index (χ2n) is 3.90. The quantitative estimate of drug-likeness (QED) is 0.323. The Hall–Kier alpha value is -1.86. The fourth-order valence-corrected chi connectivity index (χ4v) is 1.50. The molecule has 0 saturated heterocycles. The lowest BCUT2D eigenvalue weighted by Crippen LogP contribution is -2.37. The van der Waals surface area contributed by atoms with Crippen LogP contribution in [0.25, 0.3) is 0 Å². The van der Waals surface area contributed by atoms with Crippen molar-refractivity contribution in [3.63, 3.8) is 0 Å². The Balaban J connectivity index is 2.86. The molecule has 0 aromatic heterocycles. The van der Waals surface area contributed by atoms with Crippen LogP contribution in [0.2, 0.25) is 0 Å². The van der Waals surface area contributed by atoms with Crippen LogP contribution in [0.1, 0.15) is 6.92 Å². The van der Waals surface area contributed by atoms with E-state index in [-0.39, 0.29) is 11.9 Å². The molecule has 0 spiro atoms. The van der Waals surface area contributed by atoms with Crippen LogP contribution < -0.4 is 21.3 Å². The summed E-state index contributed by atoms with van der Waals surface area (Å²) in [6.07, 6.45) is 0. The van der Waals surface area contributed by atoms with Crippen molar-refractivity contribution < 1.29 is 13.9 Å². The van der Waals surface area contributed by atoms with E-state index in [4.69, 9.17) is 15.3 Å². The first-order chi connectivity index (χ1) is 9.10. The Morgan fingerprint density at radius 1 is 1.47 bits per heavy atom. The molecule has 1 rings (SSSR count). The van der Waals surface area contributed by atoms with Gasteiger partial charge in [0.2, 0.25) is 5.96 Å². The second kappa shape index (κ2) is 7.55. The normalized spacial score (nSPS) is 13.0. The van der Waals surface area contributed by atoms with Gasteiger partial charge in [0.25, 0.3) is 0 Å². The van der Waals surface area contributed by atoms with E-state index in [1.54, 1.807) is 13.2 Å². The summed E-state index contributed by atoms with van der Waals surface area (Å²) >= 11 is 0. The summed E-state index contributed by atoms with van der Waals surface area (Å²) in [5, 5.41) is 2.93. The van der Waals surface area contributed by atoms with Crippen molar-refractivity contribution in [3.05, 3.63) is 24.0 Å². The zero-order valence-corrected chi connectivity index (χ0v) is 11.2. The lowest BCUT2D eigenvalue weighted by Gasteiger charge is -2.14. The zero-order chi connectivity index (χ0) is 14.3. The van der Waals surface area contributed by atoms with Crippen LogP contribution in [0.15, 0.2) is 23.2 Å². The van der Waals surface area contributed by atoms with Gasteiger partial charge in [0.05, 0.1) is 25.4 Å². The summed E-state index contributed by atoms with van der Waals surface area (Å²) < 4.78 is 23.1. The first-order valence-corrected chi connectivity index (χ1v) is 5.74. The topological polar surface area (TPSA) is 80.9 Å². The van der Waals surface area contributed by atoms with Crippen molar-refractivity contribution in [1.29, 1.82) is 0 Å². The van der Waals surface area contributed by atoms with Crippen molar-refractivity contribution >= 4 is 11.6 Å². The minimum Gasteiger partial charge on any atom is -0.494 e. The summed E-state index contributed by atoms with van der Waals surface area (Å²) in [5.41, 5.74) is 3.00. The molecule has 7 heteroatoms. The lowest BCUT2D eigenvalue weighted by atomic mass is 10.3. The molecule has 0 saturated carbocycles. The number of nitrogens with zero attached hydrogens (tertiary/aromatic N) is 1. The number of hydrogen-bond acceptors (Lipinski definition) is 4. The summed E-state index contributed by atoms with van der Waals surface area (Å²) in [7, 11) is 3.05. The van der Waals surface area contributed by atoms with Gasteiger partial charge >= 0.3 is 0 Å². The fourth-order valence-electron chi connectivity index (χ4n) is 1.50. The van der Waals surface area contributed by atoms with Crippen molar-refractivity contribution in [2.24, 2.45) is 10.8 Å². The molecule has 0 bridgehead atoms. The third-order valence-electron chi connectivity index (χ3n) is 2.31. The van der Waals surface area contributed by atoms with E-state index < -0.39 is 0 Å². The van der Waals surface area contributed by atoms with Crippen LogP contribution in [0, 0.1) is 5.82 Å². The van der Waals surface area contributed by atoms with Crippen LogP contribution in [0.4, 0.5) is 10.1 Å². The summed E-state index contributed by atoms with van der Waals surface area (Å²) in [6.45, 7) is 2.35. The maximum atomic E-state index is 13.1. The van der Waals surface area contributed by atoms with E-state index >= 15 is 0 Å². The van der Waals surface area contributed by atoms with Gasteiger partial charge in [-0.25, -0.2) is 15.2 Å². The molecule has 0 aliphatic carbocycles. The van der Waals surface area contributed by atoms with Gasteiger partial charge in [-0.2, -0.15) is 0 Å². The van der Waals surface area contributed by atoms with E-state index in [1.165, 1.54) is 19.2 Å². The minimum atomic E-state index is -0.380. The Labute approximate surface area is 111 Å². The van der Waals surface area contributed by atoms with Crippen LogP contribution in [0.3, 0.4) is 0 Å². The number of nitrogens with one attached hydrogen (secondary N) is 2. The van der Waals surface area contributed by atoms with E-state index in [0.29, 0.717) is 24.0 Å². The van der Waals surface area contributed by atoms with E-state index in [1.807, 2.05) is 6.92 Å². The number of hydrazine groups is 1. The van der Waals surface area contributed by atoms with Crippen molar-refractivity contribution in [3.8, 4) is 5.75 Å². The van der Waals surface area contributed by atoms with Crippen LogP contribution in [-0.2, 0) is 4.74 Å². The third-order valence-corrected chi connectivity index (χ3v) is 2.31. The van der Waals surface area contributed by atoms with Gasteiger partial charge in [-0.1, -0.05) is 0 Å². The molecule has 0 aliphatic heterocycles. The van der Waals surface area contributed by atoms with Crippen LogP contribution in [-0.4, -0.2) is 32.8 Å². The van der Waals surface area contributed by atoms with E-state index in [9.17, 15) is 4.39 Å². The monoisotopic (exact) mass is 270 g/mol. The molecule has 1 unspecified atom stereocenters. The highest BCUT2D eigenvalue weighted by atomic mass is 19.1. The molecule has 1 aromatic carbocycles. The number of nitrogens with two attached hydrogens (primary N) is 1. The number of methoxy groups -OCH3 is 2. The second-order valence-corrected chi connectivity index (χ2v) is 3.90. The van der Waals surface area contributed by atoms with Gasteiger partial charge in [-0.15, -0.1) is 0 Å².